The Balaban J connectivity index is 0.000000236. The number of hydrogen-bond acceptors (Lipinski definition) is 1. The Morgan fingerprint density at radius 3 is 1.21 bits per heavy atom. The molecule has 0 aliphatic carbocycles. The van der Waals surface area contributed by atoms with E-state index in [1.54, 1.807) is 0 Å². The summed E-state index contributed by atoms with van der Waals surface area (Å²) in [7, 11) is 13.4. The van der Waals surface area contributed by atoms with Crippen LogP contribution in [0.25, 0.3) is 43.8 Å². The first-order valence-corrected chi connectivity index (χ1v) is 34.0. The molecular formula is C50H68BCl2NSi2Zr. The fourth-order valence-electron chi connectivity index (χ4n) is 7.76. The summed E-state index contributed by atoms with van der Waals surface area (Å²) in [5, 5.41) is 5.56. The molecule has 7 heteroatoms. The third-order valence-corrected chi connectivity index (χ3v) is 17.8. The second kappa shape index (κ2) is 22.6. The SMILES string of the molecule is CCCCc1cc2c(-c3cc(C)cc(C)c3C)cccc2[cH-]1.CCCCc1cc2c(-c3cc(C)cc(C)c3C)cccc2[cH-]1.[B]N([Si](C)(C)C)[Si](C)(C)C.[Cl][Zr+2][Cl]. The van der Waals surface area contributed by atoms with E-state index in [4.69, 9.17) is 25.0 Å². The van der Waals surface area contributed by atoms with Crippen LogP contribution in [0.2, 0.25) is 39.3 Å². The van der Waals surface area contributed by atoms with Gasteiger partial charge in [-0.1, -0.05) is 137 Å². The summed E-state index contributed by atoms with van der Waals surface area (Å²) >= 11 is -0.826. The van der Waals surface area contributed by atoms with E-state index in [0.717, 1.165) is 0 Å². The van der Waals surface area contributed by atoms with Crippen molar-refractivity contribution in [2.24, 2.45) is 0 Å². The van der Waals surface area contributed by atoms with Crippen molar-refractivity contribution >= 4 is 63.0 Å². The van der Waals surface area contributed by atoms with E-state index < -0.39 is 37.3 Å². The minimum absolute atomic E-state index is 0.826. The summed E-state index contributed by atoms with van der Waals surface area (Å²) in [5.74, 6) is 0. The molecule has 6 rings (SSSR count). The second-order valence-electron chi connectivity index (χ2n) is 17.8. The summed E-state index contributed by atoms with van der Waals surface area (Å²) in [4.78, 5) is 0. The molecule has 2 radical (unpaired) electrons. The van der Waals surface area contributed by atoms with Gasteiger partial charge in [0.15, 0.2) is 7.98 Å². The summed E-state index contributed by atoms with van der Waals surface area (Å²) < 4.78 is 2.15. The van der Waals surface area contributed by atoms with Crippen molar-refractivity contribution in [3.05, 3.63) is 129 Å². The van der Waals surface area contributed by atoms with Crippen LogP contribution in [0.1, 0.15) is 84.0 Å². The van der Waals surface area contributed by atoms with Crippen LogP contribution >= 0.6 is 17.0 Å². The van der Waals surface area contributed by atoms with Crippen molar-refractivity contribution in [1.29, 1.82) is 0 Å². The number of nitrogens with zero attached hydrogens (tertiary/aromatic N) is 1. The average molecular weight is 912 g/mol. The third kappa shape index (κ3) is 14.0. The van der Waals surface area contributed by atoms with Gasteiger partial charge in [-0.05, 0) is 87.8 Å². The summed E-state index contributed by atoms with van der Waals surface area (Å²) in [6.45, 7) is 31.5. The van der Waals surface area contributed by atoms with Crippen LogP contribution in [0.15, 0.2) is 84.9 Å². The van der Waals surface area contributed by atoms with Crippen LogP contribution in [0.3, 0.4) is 0 Å². The molecule has 0 aromatic heterocycles. The number of halogens is 2. The zero-order valence-electron chi connectivity index (χ0n) is 37.6. The molecule has 0 heterocycles. The summed E-state index contributed by atoms with van der Waals surface area (Å²) in [6, 6.07) is 32.2. The molecule has 0 saturated heterocycles. The predicted molar refractivity (Wildman–Crippen MR) is 262 cm³/mol. The molecule has 0 atom stereocenters. The number of rotatable bonds is 10. The topological polar surface area (TPSA) is 3.24 Å². The number of unbranched alkanes of at least 4 members (excludes halogenated alkanes) is 2. The molecule has 0 saturated carbocycles. The van der Waals surface area contributed by atoms with Gasteiger partial charge in [0.2, 0.25) is 0 Å². The van der Waals surface area contributed by atoms with Crippen LogP contribution < -0.4 is 0 Å². The Bertz CT molecular complexity index is 2030. The van der Waals surface area contributed by atoms with Crippen LogP contribution in [0.5, 0.6) is 0 Å². The van der Waals surface area contributed by atoms with E-state index in [1.807, 2.05) is 0 Å². The molecule has 0 aliphatic rings. The third-order valence-electron chi connectivity index (χ3n) is 10.9. The van der Waals surface area contributed by atoms with Crippen molar-refractivity contribution in [2.45, 2.75) is 133 Å². The van der Waals surface area contributed by atoms with Gasteiger partial charge >= 0.3 is 37.9 Å². The quantitative estimate of drug-likeness (QED) is 0.0978. The molecule has 6 aromatic rings. The van der Waals surface area contributed by atoms with Crippen LogP contribution in [-0.4, -0.2) is 28.6 Å². The van der Waals surface area contributed by atoms with E-state index in [9.17, 15) is 0 Å². The second-order valence-corrected chi connectivity index (χ2v) is 31.7. The predicted octanol–water partition coefficient (Wildman–Crippen LogP) is 16.4. The fourth-order valence-corrected chi connectivity index (χ4v) is 15.8. The Kier molecular flexibility index (Phi) is 19.6. The normalized spacial score (nSPS) is 11.4. The fraction of sp³-hybridized carbons (Fsp3) is 0.400. The molecule has 0 N–H and O–H groups in total. The monoisotopic (exact) mass is 909 g/mol. The van der Waals surface area contributed by atoms with E-state index in [0.29, 0.717) is 0 Å². The van der Waals surface area contributed by atoms with E-state index >= 15 is 0 Å². The first-order valence-electron chi connectivity index (χ1n) is 20.8. The molecule has 302 valence electrons. The van der Waals surface area contributed by atoms with Gasteiger partial charge < -0.3 is 4.14 Å². The molecule has 0 spiro atoms. The van der Waals surface area contributed by atoms with Gasteiger partial charge in [-0.15, -0.1) is 69.1 Å². The number of hydrogen-bond donors (Lipinski definition) is 0. The standard InChI is InChI=1S/2C22H25.C6H18BNSi2.2ClH.Zr/c2*1-5-6-8-18-13-19-9-7-10-20(22(19)14-18)21-12-15(2)11-16(3)17(21)4;1-9(2,3)8(7)10(4,5)6;;;/h2*7,9-14H,5-6,8H2,1-4H3;1-6H3;2*1H;/q2*-1;;;;+4/p-2. The number of aryl methyl sites for hydroxylation is 6. The van der Waals surface area contributed by atoms with Gasteiger partial charge in [0.05, 0.1) is 0 Å². The molecule has 0 fully saturated rings. The van der Waals surface area contributed by atoms with Crippen molar-refractivity contribution in [1.82, 2.24) is 4.14 Å². The first-order chi connectivity index (χ1) is 26.8. The maximum atomic E-state index is 5.98. The molecule has 0 unspecified atom stereocenters. The van der Waals surface area contributed by atoms with Crippen molar-refractivity contribution in [2.75, 3.05) is 0 Å². The zero-order chi connectivity index (χ0) is 42.7. The Hall–Kier alpha value is -1.98. The summed E-state index contributed by atoms with van der Waals surface area (Å²) in [6.07, 6.45) is 7.44. The molecule has 6 aromatic carbocycles. The van der Waals surface area contributed by atoms with E-state index in [-0.39, 0.29) is 0 Å². The van der Waals surface area contributed by atoms with Crippen LogP contribution in [0, 0.1) is 41.5 Å². The van der Waals surface area contributed by atoms with Gasteiger partial charge in [-0.2, -0.15) is 12.1 Å². The van der Waals surface area contributed by atoms with Gasteiger partial charge in [-0.3, -0.25) is 0 Å². The minimum atomic E-state index is -1.22. The average Bonchev–Trinajstić information content (AvgIpc) is 3.76. The van der Waals surface area contributed by atoms with Crippen molar-refractivity contribution < 1.29 is 20.8 Å². The van der Waals surface area contributed by atoms with Gasteiger partial charge in [0.1, 0.15) is 16.5 Å². The van der Waals surface area contributed by atoms with Crippen molar-refractivity contribution in [3.8, 4) is 22.3 Å². The van der Waals surface area contributed by atoms with Crippen molar-refractivity contribution in [3.63, 3.8) is 0 Å². The number of fused-ring (bicyclic) bond motifs is 2. The molecule has 0 amide bonds. The van der Waals surface area contributed by atoms with Gasteiger partial charge in [0, 0.05) is 0 Å². The molecular weight excluding hydrogens is 844 g/mol. The zero-order valence-corrected chi connectivity index (χ0v) is 43.6. The molecule has 1 nitrogen and oxygen atoms in total. The summed E-state index contributed by atoms with van der Waals surface area (Å²) in [5.41, 5.74) is 16.7. The van der Waals surface area contributed by atoms with Gasteiger partial charge in [-0.25, -0.2) is 0 Å². The molecule has 0 bridgehead atoms. The van der Waals surface area contributed by atoms with Gasteiger partial charge in [0.25, 0.3) is 0 Å². The Morgan fingerprint density at radius 2 is 0.912 bits per heavy atom. The van der Waals surface area contributed by atoms with Crippen LogP contribution in [0.4, 0.5) is 0 Å². The molecule has 57 heavy (non-hydrogen) atoms. The Labute approximate surface area is 370 Å². The van der Waals surface area contributed by atoms with E-state index in [2.05, 4.69) is 184 Å². The van der Waals surface area contributed by atoms with E-state index in [1.165, 1.54) is 127 Å². The molecule has 0 aliphatic heterocycles. The number of benzene rings is 4. The maximum absolute atomic E-state index is 5.98. The Morgan fingerprint density at radius 1 is 0.561 bits per heavy atom. The van der Waals surface area contributed by atoms with Crippen LogP contribution in [-0.2, 0) is 33.7 Å². The first kappa shape index (κ1) is 49.4.